The van der Waals surface area contributed by atoms with E-state index in [-0.39, 0.29) is 23.8 Å². The van der Waals surface area contributed by atoms with Gasteiger partial charge in [-0.05, 0) is 44.2 Å². The highest BCUT2D eigenvalue weighted by atomic mass is 16.3. The number of hydrogen-bond donors (Lipinski definition) is 0. The van der Waals surface area contributed by atoms with Gasteiger partial charge in [-0.2, -0.15) is 0 Å². The zero-order chi connectivity index (χ0) is 16.8. The highest BCUT2D eigenvalue weighted by molar-refractivity contribution is 5.83. The molecular weight excluding hydrogens is 316 g/mol. The summed E-state index contributed by atoms with van der Waals surface area (Å²) in [5, 5.41) is 8.93. The Morgan fingerprint density at radius 2 is 2.12 bits per heavy atom. The Morgan fingerprint density at radius 1 is 1.16 bits per heavy atom. The fraction of sp³-hybridized carbons (Fsp3) is 0.632. The summed E-state index contributed by atoms with van der Waals surface area (Å²) in [5.41, 5.74) is 0. The Morgan fingerprint density at radius 3 is 3.00 bits per heavy atom. The maximum atomic E-state index is 13.1. The van der Waals surface area contributed by atoms with Crippen LogP contribution in [0, 0.1) is 5.92 Å². The Bertz CT molecular complexity index is 766. The molecule has 0 spiro atoms. The third-order valence-corrected chi connectivity index (χ3v) is 5.99. The molecule has 2 aliphatic heterocycles. The molecule has 3 atom stereocenters. The second-order valence-electron chi connectivity index (χ2n) is 7.59. The molecule has 1 saturated carbocycles. The highest BCUT2D eigenvalue weighted by Gasteiger charge is 2.49. The summed E-state index contributed by atoms with van der Waals surface area (Å²) in [6, 6.07) is 3.99. The van der Waals surface area contributed by atoms with Crippen molar-refractivity contribution in [2.45, 2.75) is 63.5 Å². The largest absolute Gasteiger partial charge is 0.469 e. The van der Waals surface area contributed by atoms with Crippen LogP contribution in [-0.4, -0.2) is 32.1 Å². The number of aromatic nitrogens is 3. The van der Waals surface area contributed by atoms with Gasteiger partial charge in [0, 0.05) is 31.3 Å². The van der Waals surface area contributed by atoms with E-state index in [1.54, 1.807) is 6.26 Å². The third kappa shape index (κ3) is 2.58. The maximum Gasteiger partial charge on any atom is 0.227 e. The molecule has 0 N–H and O–H groups in total. The molecule has 1 amide bonds. The summed E-state index contributed by atoms with van der Waals surface area (Å²) >= 11 is 0. The van der Waals surface area contributed by atoms with Gasteiger partial charge < -0.3 is 13.9 Å². The number of furan rings is 1. The Labute approximate surface area is 147 Å². The fourth-order valence-electron chi connectivity index (χ4n) is 4.55. The van der Waals surface area contributed by atoms with E-state index in [1.807, 2.05) is 12.1 Å². The lowest BCUT2D eigenvalue weighted by molar-refractivity contribution is -0.133. The minimum absolute atomic E-state index is 0.0817. The van der Waals surface area contributed by atoms with E-state index in [2.05, 4.69) is 19.7 Å². The van der Waals surface area contributed by atoms with Gasteiger partial charge in [-0.15, -0.1) is 10.2 Å². The first-order chi connectivity index (χ1) is 12.3. The summed E-state index contributed by atoms with van der Waals surface area (Å²) in [6.07, 6.45) is 9.30. The van der Waals surface area contributed by atoms with Crippen LogP contribution in [0.15, 0.2) is 22.8 Å². The number of amides is 1. The summed E-state index contributed by atoms with van der Waals surface area (Å²) in [4.78, 5) is 15.1. The van der Waals surface area contributed by atoms with Gasteiger partial charge in [0.1, 0.15) is 11.6 Å². The van der Waals surface area contributed by atoms with Gasteiger partial charge in [-0.1, -0.05) is 6.42 Å². The van der Waals surface area contributed by atoms with Crippen LogP contribution in [-0.2, 0) is 17.8 Å². The van der Waals surface area contributed by atoms with E-state index in [0.29, 0.717) is 0 Å². The predicted molar refractivity (Wildman–Crippen MR) is 90.8 cm³/mol. The van der Waals surface area contributed by atoms with Crippen molar-refractivity contribution in [3.63, 3.8) is 0 Å². The van der Waals surface area contributed by atoms with E-state index in [4.69, 9.17) is 4.42 Å². The lowest BCUT2D eigenvalue weighted by Gasteiger charge is -2.25. The van der Waals surface area contributed by atoms with Gasteiger partial charge in [-0.3, -0.25) is 4.79 Å². The molecule has 2 aromatic heterocycles. The Kier molecular flexibility index (Phi) is 3.64. The Hall–Kier alpha value is -2.11. The van der Waals surface area contributed by atoms with E-state index in [1.165, 1.54) is 19.3 Å². The van der Waals surface area contributed by atoms with Gasteiger partial charge >= 0.3 is 0 Å². The molecule has 0 aromatic carbocycles. The van der Waals surface area contributed by atoms with Crippen LogP contribution in [0.3, 0.4) is 0 Å². The minimum Gasteiger partial charge on any atom is -0.469 e. The monoisotopic (exact) mass is 340 g/mol. The lowest BCUT2D eigenvalue weighted by atomic mass is 10.1. The third-order valence-electron chi connectivity index (χ3n) is 5.99. The van der Waals surface area contributed by atoms with Crippen molar-refractivity contribution < 1.29 is 9.21 Å². The summed E-state index contributed by atoms with van der Waals surface area (Å²) < 4.78 is 7.78. The molecule has 1 saturated heterocycles. The van der Waals surface area contributed by atoms with Gasteiger partial charge in [-0.25, -0.2) is 0 Å². The number of likely N-dealkylation sites (tertiary alicyclic amines) is 1. The molecule has 0 radical (unpaired) electrons. The molecule has 0 unspecified atom stereocenters. The first-order valence-corrected chi connectivity index (χ1v) is 9.59. The average Bonchev–Trinajstić information content (AvgIpc) is 2.98. The predicted octanol–water partition coefficient (Wildman–Crippen LogP) is 3.06. The normalized spacial score (nSPS) is 28.6. The van der Waals surface area contributed by atoms with Gasteiger partial charge in [0.15, 0.2) is 5.82 Å². The van der Waals surface area contributed by atoms with Crippen molar-refractivity contribution in [3.05, 3.63) is 35.8 Å². The number of aryl methyl sites for hydroxylation is 1. The summed E-state index contributed by atoms with van der Waals surface area (Å²) in [6.45, 7) is 1.84. The molecule has 25 heavy (non-hydrogen) atoms. The standard InChI is InChI=1S/C19H24N4O2/c24-19(14-12-13(14)16-7-5-11-25-16)22-10-4-6-15(22)18-21-20-17-8-2-1-3-9-23(17)18/h5,7,11,13-15H,1-4,6,8-10,12H2/t13-,14+,15-/m0/s1. The zero-order valence-electron chi connectivity index (χ0n) is 14.4. The van der Waals surface area contributed by atoms with Crippen LogP contribution in [0.5, 0.6) is 0 Å². The molecule has 2 aromatic rings. The van der Waals surface area contributed by atoms with E-state index in [9.17, 15) is 4.79 Å². The van der Waals surface area contributed by atoms with Crippen molar-refractivity contribution in [3.8, 4) is 0 Å². The van der Waals surface area contributed by atoms with Crippen LogP contribution in [0.1, 0.15) is 67.9 Å². The van der Waals surface area contributed by atoms with E-state index < -0.39 is 0 Å². The van der Waals surface area contributed by atoms with Crippen LogP contribution in [0.4, 0.5) is 0 Å². The summed E-state index contributed by atoms with van der Waals surface area (Å²) in [7, 11) is 0. The van der Waals surface area contributed by atoms with E-state index in [0.717, 1.165) is 56.2 Å². The fourth-order valence-corrected chi connectivity index (χ4v) is 4.55. The smallest absolute Gasteiger partial charge is 0.227 e. The molecular formula is C19H24N4O2. The first-order valence-electron chi connectivity index (χ1n) is 9.59. The molecule has 2 fully saturated rings. The number of hydrogen-bond acceptors (Lipinski definition) is 4. The highest BCUT2D eigenvalue weighted by Crippen LogP contribution is 2.50. The van der Waals surface area contributed by atoms with Crippen LogP contribution in [0.2, 0.25) is 0 Å². The Balaban J connectivity index is 1.36. The SMILES string of the molecule is O=C([C@@H]1C[C@@H]1c1ccco1)N1CCC[C@H]1c1nnc2n1CCCCC2. The van der Waals surface area contributed by atoms with Gasteiger partial charge in [0.2, 0.25) is 5.91 Å². The van der Waals surface area contributed by atoms with Crippen LogP contribution >= 0.6 is 0 Å². The van der Waals surface area contributed by atoms with Crippen molar-refractivity contribution in [1.29, 1.82) is 0 Å². The number of fused-ring (bicyclic) bond motifs is 1. The van der Waals surface area contributed by atoms with Crippen molar-refractivity contribution in [2.24, 2.45) is 5.92 Å². The van der Waals surface area contributed by atoms with Crippen molar-refractivity contribution >= 4 is 5.91 Å². The van der Waals surface area contributed by atoms with Crippen LogP contribution < -0.4 is 0 Å². The number of carbonyl (C=O) groups is 1. The molecule has 0 bridgehead atoms. The second kappa shape index (κ2) is 6.00. The average molecular weight is 340 g/mol. The van der Waals surface area contributed by atoms with Crippen LogP contribution in [0.25, 0.3) is 0 Å². The first kappa shape index (κ1) is 15.2. The zero-order valence-corrected chi connectivity index (χ0v) is 14.4. The van der Waals surface area contributed by atoms with Gasteiger partial charge in [0.05, 0.1) is 12.3 Å². The van der Waals surface area contributed by atoms with E-state index >= 15 is 0 Å². The molecule has 6 heteroatoms. The van der Waals surface area contributed by atoms with Crippen molar-refractivity contribution in [1.82, 2.24) is 19.7 Å². The molecule has 6 nitrogen and oxygen atoms in total. The van der Waals surface area contributed by atoms with Crippen molar-refractivity contribution in [2.75, 3.05) is 6.54 Å². The molecule has 1 aliphatic carbocycles. The molecule has 4 heterocycles. The molecule has 132 valence electrons. The topological polar surface area (TPSA) is 64.2 Å². The quantitative estimate of drug-likeness (QED) is 0.861. The number of carbonyl (C=O) groups excluding carboxylic acids is 1. The molecule has 3 aliphatic rings. The summed E-state index contributed by atoms with van der Waals surface area (Å²) in [5.74, 6) is 3.68. The molecule has 5 rings (SSSR count). The number of nitrogens with zero attached hydrogens (tertiary/aromatic N) is 4. The number of rotatable bonds is 3. The second-order valence-corrected chi connectivity index (χ2v) is 7.59. The minimum atomic E-state index is 0.0817. The maximum absolute atomic E-state index is 13.1. The van der Waals surface area contributed by atoms with Gasteiger partial charge in [0.25, 0.3) is 0 Å². The lowest BCUT2D eigenvalue weighted by Crippen LogP contribution is -2.33.